The van der Waals surface area contributed by atoms with Crippen LogP contribution >= 0.6 is 0 Å². The van der Waals surface area contributed by atoms with Gasteiger partial charge >= 0.3 is 0 Å². The second kappa shape index (κ2) is 4.80. The van der Waals surface area contributed by atoms with E-state index in [9.17, 15) is 8.42 Å². The molecule has 0 saturated heterocycles. The van der Waals surface area contributed by atoms with Crippen molar-refractivity contribution in [2.45, 2.75) is 38.0 Å². The largest absolute Gasteiger partial charge is 0.495 e. The van der Waals surface area contributed by atoms with Gasteiger partial charge < -0.3 is 10.5 Å². The lowest BCUT2D eigenvalue weighted by Gasteiger charge is -2.22. The number of benzene rings is 1. The highest BCUT2D eigenvalue weighted by Crippen LogP contribution is 2.35. The van der Waals surface area contributed by atoms with Crippen molar-refractivity contribution >= 4 is 15.5 Å². The summed E-state index contributed by atoms with van der Waals surface area (Å²) in [6.07, 6.45) is 0. The summed E-state index contributed by atoms with van der Waals surface area (Å²) in [5.74, 6) is 0.433. The fourth-order valence-corrected chi connectivity index (χ4v) is 2.67. The van der Waals surface area contributed by atoms with Gasteiger partial charge in [0, 0.05) is 0 Å². The molecular weight excluding hydrogens is 250 g/mol. The van der Waals surface area contributed by atoms with Gasteiger partial charge in [0.15, 0.2) is 9.84 Å². The van der Waals surface area contributed by atoms with Crippen molar-refractivity contribution in [3.8, 4) is 5.75 Å². The van der Waals surface area contributed by atoms with Crippen molar-refractivity contribution in [1.29, 1.82) is 0 Å². The molecule has 0 saturated carbocycles. The molecule has 0 heterocycles. The van der Waals surface area contributed by atoms with Crippen LogP contribution in [0, 0.1) is 0 Å². The Kier molecular flexibility index (Phi) is 3.96. The molecule has 0 fully saturated rings. The molecule has 0 atom stereocenters. The quantitative estimate of drug-likeness (QED) is 0.857. The Morgan fingerprint density at radius 1 is 1.28 bits per heavy atom. The molecule has 1 aromatic rings. The minimum Gasteiger partial charge on any atom is -0.495 e. The summed E-state index contributed by atoms with van der Waals surface area (Å²) in [6, 6.07) is 3.45. The monoisotopic (exact) mass is 271 g/mol. The molecule has 0 aromatic heterocycles. The average molecular weight is 271 g/mol. The normalized spacial score (nSPS) is 12.5. The van der Waals surface area contributed by atoms with Crippen LogP contribution in [0.5, 0.6) is 5.75 Å². The lowest BCUT2D eigenvalue weighted by atomic mass is 9.87. The van der Waals surface area contributed by atoms with Gasteiger partial charge in [-0.1, -0.05) is 27.7 Å². The van der Waals surface area contributed by atoms with Gasteiger partial charge in [-0.3, -0.25) is 0 Å². The van der Waals surface area contributed by atoms with Crippen LogP contribution in [-0.4, -0.2) is 21.3 Å². The van der Waals surface area contributed by atoms with Gasteiger partial charge in [0.1, 0.15) is 5.75 Å². The van der Waals surface area contributed by atoms with Crippen LogP contribution in [0.3, 0.4) is 0 Å². The third-order valence-corrected chi connectivity index (χ3v) is 4.67. The van der Waals surface area contributed by atoms with Gasteiger partial charge in [0.25, 0.3) is 0 Å². The zero-order chi connectivity index (χ0) is 14.1. The predicted molar refractivity (Wildman–Crippen MR) is 73.8 cm³/mol. The number of rotatable bonds is 3. The van der Waals surface area contributed by atoms with Gasteiger partial charge in [-0.05, 0) is 23.1 Å². The Bertz CT molecular complexity index is 542. The van der Waals surface area contributed by atoms with Crippen LogP contribution < -0.4 is 10.5 Å². The molecule has 1 aromatic carbocycles. The first-order valence-electron chi connectivity index (χ1n) is 5.84. The first kappa shape index (κ1) is 14.8. The fraction of sp³-hybridized carbons (Fsp3) is 0.538. The van der Waals surface area contributed by atoms with Crippen LogP contribution in [0.4, 0.5) is 5.69 Å². The van der Waals surface area contributed by atoms with E-state index in [1.165, 1.54) is 7.11 Å². The van der Waals surface area contributed by atoms with E-state index in [-0.39, 0.29) is 21.8 Å². The summed E-state index contributed by atoms with van der Waals surface area (Å²) in [6.45, 7) is 7.64. The van der Waals surface area contributed by atoms with Gasteiger partial charge in [-0.15, -0.1) is 0 Å². The molecule has 0 bridgehead atoms. The molecule has 4 nitrogen and oxygen atoms in total. The van der Waals surface area contributed by atoms with E-state index in [0.29, 0.717) is 5.75 Å². The van der Waals surface area contributed by atoms with E-state index >= 15 is 0 Å². The number of nitrogen functional groups attached to an aromatic ring is 1. The Labute approximate surface area is 109 Å². The molecule has 0 unspecified atom stereocenters. The maximum atomic E-state index is 12.0. The number of methoxy groups -OCH3 is 1. The van der Waals surface area contributed by atoms with Crippen molar-refractivity contribution in [2.75, 3.05) is 18.6 Å². The maximum Gasteiger partial charge on any atom is 0.180 e. The van der Waals surface area contributed by atoms with E-state index in [1.807, 2.05) is 20.8 Å². The lowest BCUT2D eigenvalue weighted by molar-refractivity contribution is 0.413. The summed E-state index contributed by atoms with van der Waals surface area (Å²) in [7, 11) is -1.86. The van der Waals surface area contributed by atoms with E-state index in [0.717, 1.165) is 5.56 Å². The standard InChI is InChI=1S/C13H21NO3S/c1-6-18(15,16)11-8-9(13(2,3)4)7-10(17-5)12(11)14/h7-8H,6,14H2,1-5H3. The minimum absolute atomic E-state index is 0.0218. The number of hydrogen-bond acceptors (Lipinski definition) is 4. The second-order valence-electron chi connectivity index (χ2n) is 5.24. The van der Waals surface area contributed by atoms with Crippen LogP contribution in [0.25, 0.3) is 0 Å². The summed E-state index contributed by atoms with van der Waals surface area (Å²) in [5.41, 5.74) is 6.77. The van der Waals surface area contributed by atoms with E-state index in [2.05, 4.69) is 0 Å². The summed E-state index contributed by atoms with van der Waals surface area (Å²) < 4.78 is 29.2. The van der Waals surface area contributed by atoms with Crippen molar-refractivity contribution in [2.24, 2.45) is 0 Å². The molecule has 1 rings (SSSR count). The molecule has 0 aliphatic heterocycles. The van der Waals surface area contributed by atoms with Crippen molar-refractivity contribution in [3.63, 3.8) is 0 Å². The molecule has 0 radical (unpaired) electrons. The molecule has 5 heteroatoms. The average Bonchev–Trinajstić information content (AvgIpc) is 2.27. The number of hydrogen-bond donors (Lipinski definition) is 1. The van der Waals surface area contributed by atoms with E-state index < -0.39 is 9.84 Å². The first-order chi connectivity index (χ1) is 8.13. The molecular formula is C13H21NO3S. The van der Waals surface area contributed by atoms with Crippen molar-refractivity contribution in [3.05, 3.63) is 17.7 Å². The second-order valence-corrected chi connectivity index (χ2v) is 7.49. The number of nitrogens with two attached hydrogens (primary N) is 1. The number of sulfone groups is 1. The third-order valence-electron chi connectivity index (χ3n) is 2.91. The van der Waals surface area contributed by atoms with Crippen LogP contribution in [0.1, 0.15) is 33.3 Å². The molecule has 2 N–H and O–H groups in total. The molecule has 18 heavy (non-hydrogen) atoms. The smallest absolute Gasteiger partial charge is 0.180 e. The fourth-order valence-electron chi connectivity index (χ4n) is 1.62. The van der Waals surface area contributed by atoms with E-state index in [1.54, 1.807) is 19.1 Å². The van der Waals surface area contributed by atoms with Gasteiger partial charge in [-0.2, -0.15) is 0 Å². The molecule has 102 valence electrons. The molecule has 0 spiro atoms. The topological polar surface area (TPSA) is 69.4 Å². The predicted octanol–water partition coefficient (Wildman–Crippen LogP) is 2.37. The van der Waals surface area contributed by atoms with Gasteiger partial charge in [0.2, 0.25) is 0 Å². The third kappa shape index (κ3) is 2.77. The molecule has 0 aliphatic carbocycles. The van der Waals surface area contributed by atoms with Gasteiger partial charge in [0.05, 0.1) is 23.4 Å². The summed E-state index contributed by atoms with van der Waals surface area (Å²) in [5, 5.41) is 0. The van der Waals surface area contributed by atoms with Crippen LogP contribution in [0.15, 0.2) is 17.0 Å². The minimum atomic E-state index is -3.35. The SMILES string of the molecule is CCS(=O)(=O)c1cc(C(C)(C)C)cc(OC)c1N. The highest BCUT2D eigenvalue weighted by molar-refractivity contribution is 7.91. The first-order valence-corrected chi connectivity index (χ1v) is 7.49. The zero-order valence-electron chi connectivity index (χ0n) is 11.6. The van der Waals surface area contributed by atoms with Crippen LogP contribution in [0.2, 0.25) is 0 Å². The van der Waals surface area contributed by atoms with Crippen molar-refractivity contribution < 1.29 is 13.2 Å². The summed E-state index contributed by atoms with van der Waals surface area (Å²) >= 11 is 0. The summed E-state index contributed by atoms with van der Waals surface area (Å²) in [4.78, 5) is 0.161. The molecule has 0 amide bonds. The maximum absolute atomic E-state index is 12.0. The zero-order valence-corrected chi connectivity index (χ0v) is 12.4. The molecule has 0 aliphatic rings. The Morgan fingerprint density at radius 2 is 1.83 bits per heavy atom. The number of ether oxygens (including phenoxy) is 1. The Balaban J connectivity index is 3.62. The highest BCUT2D eigenvalue weighted by atomic mass is 32.2. The highest BCUT2D eigenvalue weighted by Gasteiger charge is 2.23. The van der Waals surface area contributed by atoms with E-state index in [4.69, 9.17) is 10.5 Å². The number of anilines is 1. The Hall–Kier alpha value is -1.23. The van der Waals surface area contributed by atoms with Crippen LogP contribution in [-0.2, 0) is 15.3 Å². The lowest BCUT2D eigenvalue weighted by Crippen LogP contribution is -2.15. The van der Waals surface area contributed by atoms with Crippen molar-refractivity contribution in [1.82, 2.24) is 0 Å². The Morgan fingerprint density at radius 3 is 2.22 bits per heavy atom. The van der Waals surface area contributed by atoms with Gasteiger partial charge in [-0.25, -0.2) is 8.42 Å².